The van der Waals surface area contributed by atoms with Crippen LogP contribution in [0.25, 0.3) is 6.08 Å². The topological polar surface area (TPSA) is 74.4 Å². The fourth-order valence-corrected chi connectivity index (χ4v) is 4.11. The number of anilines is 1. The Morgan fingerprint density at radius 2 is 1.47 bits per heavy atom. The smallest absolute Gasteiger partial charge is 0.355 e. The van der Waals surface area contributed by atoms with Crippen molar-refractivity contribution in [1.82, 2.24) is 10.3 Å². The molecule has 1 aromatic heterocycles. The summed E-state index contributed by atoms with van der Waals surface area (Å²) in [5.74, 6) is -0.485. The van der Waals surface area contributed by atoms with Crippen LogP contribution in [0, 0.1) is 0 Å². The number of hydrogen-bond acceptors (Lipinski definition) is 3. The van der Waals surface area contributed by atoms with E-state index in [1.165, 1.54) is 0 Å². The number of aromatic amines is 1. The summed E-state index contributed by atoms with van der Waals surface area (Å²) < 4.78 is 5.56. The number of hydrogen-bond donors (Lipinski definition) is 2. The number of aromatic nitrogens is 1. The highest BCUT2D eigenvalue weighted by molar-refractivity contribution is 5.97. The molecule has 0 spiro atoms. The third kappa shape index (κ3) is 7.01. The van der Waals surface area contributed by atoms with Crippen LogP contribution in [0.15, 0.2) is 103 Å². The second-order valence-corrected chi connectivity index (χ2v) is 9.42. The Balaban J connectivity index is 1.65. The first kappa shape index (κ1) is 26.5. The summed E-state index contributed by atoms with van der Waals surface area (Å²) in [7, 11) is 0. The Morgan fingerprint density at radius 1 is 0.895 bits per heavy atom. The molecule has 4 rings (SSSR count). The quantitative estimate of drug-likeness (QED) is 0.234. The first-order valence-corrected chi connectivity index (χ1v) is 12.7. The molecule has 4 aromatic rings. The summed E-state index contributed by atoms with van der Waals surface area (Å²) in [6, 6.07) is 30.3. The van der Waals surface area contributed by atoms with Crippen molar-refractivity contribution < 1.29 is 14.3 Å². The van der Waals surface area contributed by atoms with Gasteiger partial charge < -0.3 is 15.0 Å². The minimum absolute atomic E-state index is 0.162. The number of carbonyl (C=O) groups excluding carboxylic acids is 2. The average molecular weight is 508 g/mol. The Bertz CT molecular complexity index is 1380. The molecule has 194 valence electrons. The number of carbonyl (C=O) groups is 2. The highest BCUT2D eigenvalue weighted by Crippen LogP contribution is 2.28. The molecule has 2 N–H and O–H groups in total. The summed E-state index contributed by atoms with van der Waals surface area (Å²) in [5.41, 5.74) is 5.43. The molecule has 0 saturated heterocycles. The molecule has 1 heterocycles. The van der Waals surface area contributed by atoms with E-state index < -0.39 is 5.97 Å². The summed E-state index contributed by atoms with van der Waals surface area (Å²) in [6.45, 7) is 6.38. The van der Waals surface area contributed by atoms with Crippen molar-refractivity contribution in [2.45, 2.75) is 40.0 Å². The molecule has 0 bridgehead atoms. The van der Waals surface area contributed by atoms with Crippen molar-refractivity contribution in [2.75, 3.05) is 4.90 Å². The molecule has 0 aliphatic rings. The lowest BCUT2D eigenvalue weighted by atomic mass is 10.1. The van der Waals surface area contributed by atoms with Crippen LogP contribution in [0.5, 0.6) is 0 Å². The van der Waals surface area contributed by atoms with Crippen LogP contribution in [-0.2, 0) is 17.9 Å². The first-order valence-electron chi connectivity index (χ1n) is 12.7. The van der Waals surface area contributed by atoms with E-state index in [1.807, 2.05) is 118 Å². The zero-order valence-corrected chi connectivity index (χ0v) is 22.0. The number of amides is 2. The second kappa shape index (κ2) is 12.6. The predicted molar refractivity (Wildman–Crippen MR) is 152 cm³/mol. The second-order valence-electron chi connectivity index (χ2n) is 9.42. The summed E-state index contributed by atoms with van der Waals surface area (Å²) in [6.07, 6.45) is 1.93. The molecule has 0 radical (unpaired) electrons. The number of rotatable bonds is 9. The molecule has 38 heavy (non-hydrogen) atoms. The van der Waals surface area contributed by atoms with E-state index in [4.69, 9.17) is 4.74 Å². The SMILES string of the molecule is CC(C)=Cc1[nH]c(C(=O)OCc2ccccc2)cc1N(Cc1ccccc1)C(=O)N[C@H](C)c1ccccc1. The Kier molecular flexibility index (Phi) is 8.77. The van der Waals surface area contributed by atoms with Gasteiger partial charge in [-0.25, -0.2) is 9.59 Å². The van der Waals surface area contributed by atoms with Gasteiger partial charge in [-0.2, -0.15) is 0 Å². The van der Waals surface area contributed by atoms with Crippen LogP contribution in [-0.4, -0.2) is 17.0 Å². The Morgan fingerprint density at radius 3 is 2.08 bits per heavy atom. The van der Waals surface area contributed by atoms with Crippen LogP contribution in [0.4, 0.5) is 10.5 Å². The van der Waals surface area contributed by atoms with E-state index in [0.29, 0.717) is 17.9 Å². The highest BCUT2D eigenvalue weighted by atomic mass is 16.5. The van der Waals surface area contributed by atoms with Gasteiger partial charge in [0, 0.05) is 0 Å². The van der Waals surface area contributed by atoms with Gasteiger partial charge >= 0.3 is 12.0 Å². The van der Waals surface area contributed by atoms with Gasteiger partial charge in [0.25, 0.3) is 0 Å². The van der Waals surface area contributed by atoms with Crippen molar-refractivity contribution in [3.05, 3.63) is 131 Å². The molecule has 6 nitrogen and oxygen atoms in total. The molecule has 0 aliphatic heterocycles. The maximum absolute atomic E-state index is 13.7. The van der Waals surface area contributed by atoms with E-state index in [-0.39, 0.29) is 24.4 Å². The standard InChI is InChI=1S/C32H33N3O3/c1-23(2)19-28-30(20-29(34-28)31(36)38-22-26-15-9-5-10-16-26)35(21-25-13-7-4-8-14-25)32(37)33-24(3)27-17-11-6-12-18-27/h4-20,24,34H,21-22H2,1-3H3,(H,33,37)/t24-/m1/s1. The number of urea groups is 1. The zero-order chi connectivity index (χ0) is 26.9. The summed E-state index contributed by atoms with van der Waals surface area (Å²) >= 11 is 0. The Labute approximate surface area is 224 Å². The van der Waals surface area contributed by atoms with Crippen molar-refractivity contribution in [1.29, 1.82) is 0 Å². The van der Waals surface area contributed by atoms with Gasteiger partial charge in [0.2, 0.25) is 0 Å². The number of nitrogens with one attached hydrogen (secondary N) is 2. The van der Waals surface area contributed by atoms with E-state index in [0.717, 1.165) is 22.3 Å². The lowest BCUT2D eigenvalue weighted by Gasteiger charge is -2.26. The van der Waals surface area contributed by atoms with Crippen LogP contribution < -0.4 is 10.2 Å². The molecule has 0 unspecified atom stereocenters. The van der Waals surface area contributed by atoms with E-state index in [2.05, 4.69) is 10.3 Å². The van der Waals surface area contributed by atoms with Crippen molar-refractivity contribution in [2.24, 2.45) is 0 Å². The van der Waals surface area contributed by atoms with Crippen LogP contribution in [0.3, 0.4) is 0 Å². The predicted octanol–water partition coefficient (Wildman–Crippen LogP) is 7.27. The van der Waals surface area contributed by atoms with Crippen LogP contribution >= 0.6 is 0 Å². The van der Waals surface area contributed by atoms with Gasteiger partial charge in [0.1, 0.15) is 12.3 Å². The van der Waals surface area contributed by atoms with Gasteiger partial charge in [-0.3, -0.25) is 4.90 Å². The van der Waals surface area contributed by atoms with Gasteiger partial charge in [-0.05, 0) is 49.6 Å². The average Bonchev–Trinajstić information content (AvgIpc) is 3.34. The maximum atomic E-state index is 13.7. The van der Waals surface area contributed by atoms with Crippen molar-refractivity contribution >= 4 is 23.8 Å². The van der Waals surface area contributed by atoms with E-state index in [9.17, 15) is 9.59 Å². The van der Waals surface area contributed by atoms with Gasteiger partial charge in [0.15, 0.2) is 0 Å². The fourth-order valence-electron chi connectivity index (χ4n) is 4.11. The molecule has 1 atom stereocenters. The fraction of sp³-hybridized carbons (Fsp3) is 0.188. The number of H-pyrrole nitrogens is 1. The molecular formula is C32H33N3O3. The molecule has 0 saturated carbocycles. The maximum Gasteiger partial charge on any atom is 0.355 e. The number of allylic oxidation sites excluding steroid dienone is 1. The number of ether oxygens (including phenoxy) is 1. The van der Waals surface area contributed by atoms with E-state index >= 15 is 0 Å². The lowest BCUT2D eigenvalue weighted by Crippen LogP contribution is -2.41. The monoisotopic (exact) mass is 507 g/mol. The summed E-state index contributed by atoms with van der Waals surface area (Å²) in [4.78, 5) is 31.6. The van der Waals surface area contributed by atoms with Gasteiger partial charge in [-0.15, -0.1) is 0 Å². The summed E-state index contributed by atoms with van der Waals surface area (Å²) in [5, 5.41) is 3.12. The highest BCUT2D eigenvalue weighted by Gasteiger charge is 2.25. The van der Waals surface area contributed by atoms with Crippen LogP contribution in [0.1, 0.15) is 59.7 Å². The normalized spacial score (nSPS) is 11.3. The first-order chi connectivity index (χ1) is 18.4. The molecule has 0 fully saturated rings. The Hall–Kier alpha value is -4.58. The number of nitrogens with zero attached hydrogens (tertiary/aromatic N) is 1. The number of esters is 1. The third-order valence-electron chi connectivity index (χ3n) is 6.05. The minimum Gasteiger partial charge on any atom is -0.456 e. The largest absolute Gasteiger partial charge is 0.456 e. The van der Waals surface area contributed by atoms with Gasteiger partial charge in [-0.1, -0.05) is 96.6 Å². The molecule has 3 aromatic carbocycles. The van der Waals surface area contributed by atoms with Crippen molar-refractivity contribution in [3.8, 4) is 0 Å². The van der Waals surface area contributed by atoms with E-state index in [1.54, 1.807) is 11.0 Å². The zero-order valence-electron chi connectivity index (χ0n) is 22.0. The molecular weight excluding hydrogens is 474 g/mol. The molecule has 6 heteroatoms. The molecule has 2 amide bonds. The lowest BCUT2D eigenvalue weighted by molar-refractivity contribution is 0.0466. The number of benzene rings is 3. The van der Waals surface area contributed by atoms with Crippen molar-refractivity contribution in [3.63, 3.8) is 0 Å². The minimum atomic E-state index is -0.485. The van der Waals surface area contributed by atoms with Crippen LogP contribution in [0.2, 0.25) is 0 Å². The molecule has 0 aliphatic carbocycles. The van der Waals surface area contributed by atoms with Gasteiger partial charge in [0.05, 0.1) is 24.0 Å². The third-order valence-corrected chi connectivity index (χ3v) is 6.05.